The third-order valence-corrected chi connectivity index (χ3v) is 5.07. The van der Waals surface area contributed by atoms with Gasteiger partial charge in [-0.2, -0.15) is 0 Å². The first kappa shape index (κ1) is 19.2. The van der Waals surface area contributed by atoms with Crippen LogP contribution in [0.15, 0.2) is 24.3 Å². The van der Waals surface area contributed by atoms with E-state index < -0.39 is 23.8 Å². The number of carboxylic acid groups (broad SMARTS) is 1. The second-order valence-electron chi connectivity index (χ2n) is 5.16. The Kier molecular flexibility index (Phi) is 6.74. The van der Waals surface area contributed by atoms with Crippen LogP contribution in [0.3, 0.4) is 0 Å². The summed E-state index contributed by atoms with van der Waals surface area (Å²) in [7, 11) is 1.44. The van der Waals surface area contributed by atoms with Crippen LogP contribution in [0, 0.1) is 0 Å². The van der Waals surface area contributed by atoms with Crippen LogP contribution in [0.4, 0.5) is 0 Å². The highest BCUT2D eigenvalue weighted by Crippen LogP contribution is 2.34. The number of carbonyl (C=O) groups is 3. The number of halogens is 1. The van der Waals surface area contributed by atoms with Gasteiger partial charge in [0.1, 0.15) is 10.9 Å². The van der Waals surface area contributed by atoms with Crippen molar-refractivity contribution in [3.8, 4) is 0 Å². The molecule has 1 aromatic carbocycles. The molecule has 2 amide bonds. The van der Waals surface area contributed by atoms with Gasteiger partial charge in [-0.3, -0.25) is 9.59 Å². The fourth-order valence-electron chi connectivity index (χ4n) is 2.14. The van der Waals surface area contributed by atoms with Crippen molar-refractivity contribution < 1.29 is 24.2 Å². The predicted molar refractivity (Wildman–Crippen MR) is 95.2 cm³/mol. The van der Waals surface area contributed by atoms with Gasteiger partial charge in [0.05, 0.1) is 11.6 Å². The number of methoxy groups -OCH3 is 1. The molecule has 0 saturated heterocycles. The first-order valence-electron chi connectivity index (χ1n) is 7.40. The number of benzene rings is 1. The van der Waals surface area contributed by atoms with Gasteiger partial charge in [0.25, 0.3) is 5.91 Å². The Bertz CT molecular complexity index is 792. The van der Waals surface area contributed by atoms with Gasteiger partial charge < -0.3 is 20.5 Å². The van der Waals surface area contributed by atoms with Gasteiger partial charge in [0.2, 0.25) is 5.91 Å². The van der Waals surface area contributed by atoms with Gasteiger partial charge in [-0.25, -0.2) is 4.79 Å². The van der Waals surface area contributed by atoms with Crippen molar-refractivity contribution in [3.63, 3.8) is 0 Å². The molecule has 1 aromatic heterocycles. The zero-order valence-electron chi connectivity index (χ0n) is 13.4. The van der Waals surface area contributed by atoms with Crippen LogP contribution >= 0.6 is 22.9 Å². The Morgan fingerprint density at radius 3 is 2.68 bits per heavy atom. The van der Waals surface area contributed by atoms with Crippen molar-refractivity contribution in [2.24, 2.45) is 0 Å². The maximum atomic E-state index is 12.2. The number of aliphatic carboxylic acids is 1. The molecule has 0 aliphatic heterocycles. The summed E-state index contributed by atoms with van der Waals surface area (Å²) >= 11 is 7.44. The smallest absolute Gasteiger partial charge is 0.326 e. The summed E-state index contributed by atoms with van der Waals surface area (Å²) in [6.07, 6.45) is 0.133. The number of rotatable bonds is 8. The lowest BCUT2D eigenvalue weighted by Crippen LogP contribution is -2.45. The summed E-state index contributed by atoms with van der Waals surface area (Å²) in [6, 6.07) is 6.25. The first-order chi connectivity index (χ1) is 11.9. The molecule has 0 saturated carbocycles. The monoisotopic (exact) mass is 384 g/mol. The number of hydrogen-bond donors (Lipinski definition) is 3. The lowest BCUT2D eigenvalue weighted by atomic mass is 10.2. The molecule has 3 N–H and O–H groups in total. The molecule has 1 heterocycles. The highest BCUT2D eigenvalue weighted by Gasteiger charge is 2.21. The molecule has 0 aliphatic carbocycles. The molecule has 134 valence electrons. The molecular weight excluding hydrogens is 368 g/mol. The quantitative estimate of drug-likeness (QED) is 0.644. The summed E-state index contributed by atoms with van der Waals surface area (Å²) in [6.45, 7) is -0.152. The van der Waals surface area contributed by atoms with Crippen LogP contribution in [0.25, 0.3) is 10.1 Å². The molecule has 25 heavy (non-hydrogen) atoms. The topological polar surface area (TPSA) is 105 Å². The Balaban J connectivity index is 1.95. The minimum atomic E-state index is -1.16. The zero-order valence-corrected chi connectivity index (χ0v) is 14.9. The van der Waals surface area contributed by atoms with E-state index in [1.165, 1.54) is 18.4 Å². The summed E-state index contributed by atoms with van der Waals surface area (Å²) in [5.74, 6) is -2.25. The maximum Gasteiger partial charge on any atom is 0.326 e. The van der Waals surface area contributed by atoms with Gasteiger partial charge in [-0.15, -0.1) is 11.3 Å². The summed E-state index contributed by atoms with van der Waals surface area (Å²) < 4.78 is 5.67. The number of carbonyl (C=O) groups excluding carboxylic acids is 2. The van der Waals surface area contributed by atoms with E-state index in [2.05, 4.69) is 10.6 Å². The molecule has 9 heteroatoms. The van der Waals surface area contributed by atoms with E-state index in [1.54, 1.807) is 0 Å². The van der Waals surface area contributed by atoms with Crippen LogP contribution in [-0.2, 0) is 14.3 Å². The van der Waals surface area contributed by atoms with E-state index in [-0.39, 0.29) is 19.6 Å². The standard InChI is InChI=1S/C16H17ClN2O5S/c1-24-7-6-10(16(22)23)19-12(20)8-18-15(21)14-13(17)9-4-2-3-5-11(9)25-14/h2-5,10H,6-8H2,1H3,(H,18,21)(H,19,20)(H,22,23). The minimum Gasteiger partial charge on any atom is -0.480 e. The number of nitrogens with one attached hydrogen (secondary N) is 2. The van der Waals surface area contributed by atoms with Crippen molar-refractivity contribution >= 4 is 50.8 Å². The molecule has 0 fully saturated rings. The number of carboxylic acids is 1. The predicted octanol–water partition coefficient (Wildman–Crippen LogP) is 1.89. The van der Waals surface area contributed by atoms with E-state index >= 15 is 0 Å². The Hall–Kier alpha value is -2.16. The van der Waals surface area contributed by atoms with E-state index in [9.17, 15) is 14.4 Å². The highest BCUT2D eigenvalue weighted by atomic mass is 35.5. The van der Waals surface area contributed by atoms with Crippen LogP contribution in [-0.4, -0.2) is 49.2 Å². The average molecular weight is 385 g/mol. The molecule has 0 bridgehead atoms. The van der Waals surface area contributed by atoms with Gasteiger partial charge in [0.15, 0.2) is 0 Å². The molecule has 0 aliphatic rings. The van der Waals surface area contributed by atoms with Gasteiger partial charge >= 0.3 is 5.97 Å². The van der Waals surface area contributed by atoms with Gasteiger partial charge in [-0.05, 0) is 6.07 Å². The molecule has 2 rings (SSSR count). The van der Waals surface area contributed by atoms with Gasteiger partial charge in [-0.1, -0.05) is 29.8 Å². The lowest BCUT2D eigenvalue weighted by molar-refractivity contribution is -0.142. The van der Waals surface area contributed by atoms with Crippen molar-refractivity contribution in [1.82, 2.24) is 10.6 Å². The Morgan fingerprint density at radius 2 is 2.04 bits per heavy atom. The average Bonchev–Trinajstić information content (AvgIpc) is 2.93. The molecule has 1 unspecified atom stereocenters. The number of amides is 2. The van der Waals surface area contributed by atoms with E-state index in [0.717, 1.165) is 10.1 Å². The van der Waals surface area contributed by atoms with Crippen LogP contribution < -0.4 is 10.6 Å². The Labute approximate surface area is 152 Å². The second-order valence-corrected chi connectivity index (χ2v) is 6.59. The molecular formula is C16H17ClN2O5S. The molecule has 0 radical (unpaired) electrons. The van der Waals surface area contributed by atoms with Crippen LogP contribution in [0.2, 0.25) is 5.02 Å². The molecule has 1 atom stereocenters. The second kappa shape index (κ2) is 8.80. The lowest BCUT2D eigenvalue weighted by Gasteiger charge is -2.14. The number of fused-ring (bicyclic) bond motifs is 1. The third kappa shape index (κ3) is 4.91. The minimum absolute atomic E-state index is 0.133. The summed E-state index contributed by atoms with van der Waals surface area (Å²) in [5.41, 5.74) is 0. The fraction of sp³-hybridized carbons (Fsp3) is 0.312. The fourth-order valence-corrected chi connectivity index (χ4v) is 3.57. The van der Waals surface area contributed by atoms with Crippen molar-refractivity contribution in [2.45, 2.75) is 12.5 Å². The zero-order chi connectivity index (χ0) is 18.4. The molecule has 7 nitrogen and oxygen atoms in total. The van der Waals surface area contributed by atoms with Crippen LogP contribution in [0.1, 0.15) is 16.1 Å². The normalized spacial score (nSPS) is 11.9. The summed E-state index contributed by atoms with van der Waals surface area (Å²) in [4.78, 5) is 35.5. The largest absolute Gasteiger partial charge is 0.480 e. The maximum absolute atomic E-state index is 12.2. The molecule has 0 spiro atoms. The Morgan fingerprint density at radius 1 is 1.32 bits per heavy atom. The summed E-state index contributed by atoms with van der Waals surface area (Å²) in [5, 5.41) is 14.9. The van der Waals surface area contributed by atoms with Crippen molar-refractivity contribution in [1.29, 1.82) is 0 Å². The molecule has 2 aromatic rings. The van der Waals surface area contributed by atoms with E-state index in [4.69, 9.17) is 21.4 Å². The third-order valence-electron chi connectivity index (χ3n) is 3.39. The number of thiophene rings is 1. The first-order valence-corrected chi connectivity index (χ1v) is 8.59. The van der Waals surface area contributed by atoms with E-state index in [0.29, 0.717) is 9.90 Å². The number of ether oxygens (including phenoxy) is 1. The van der Waals surface area contributed by atoms with Crippen molar-refractivity contribution in [3.05, 3.63) is 34.2 Å². The van der Waals surface area contributed by atoms with Crippen molar-refractivity contribution in [2.75, 3.05) is 20.3 Å². The highest BCUT2D eigenvalue weighted by molar-refractivity contribution is 7.21. The van der Waals surface area contributed by atoms with E-state index in [1.807, 2.05) is 24.3 Å². The number of hydrogen-bond acceptors (Lipinski definition) is 5. The SMILES string of the molecule is COCCC(NC(=O)CNC(=O)c1sc2ccccc2c1Cl)C(=O)O. The van der Waals surface area contributed by atoms with Crippen LogP contribution in [0.5, 0.6) is 0 Å². The van der Waals surface area contributed by atoms with Gasteiger partial charge in [0, 0.05) is 30.2 Å².